The molecule has 1 aromatic carbocycles. The molecule has 1 unspecified atom stereocenters. The number of carbonyl (C=O) groups is 1. The molecule has 1 aliphatic rings. The van der Waals surface area contributed by atoms with Crippen LogP contribution in [0.5, 0.6) is 0 Å². The zero-order chi connectivity index (χ0) is 22.8. The third-order valence-electron chi connectivity index (χ3n) is 4.95. The highest BCUT2D eigenvalue weighted by Gasteiger charge is 2.41. The van der Waals surface area contributed by atoms with Crippen LogP contribution >= 0.6 is 0 Å². The number of halogens is 1. The highest BCUT2D eigenvalue weighted by molar-refractivity contribution is 5.84. The maximum Gasteiger partial charge on any atom is 0.311 e. The topological polar surface area (TPSA) is 126 Å². The lowest BCUT2D eigenvalue weighted by Crippen LogP contribution is -2.53. The summed E-state index contributed by atoms with van der Waals surface area (Å²) in [7, 11) is 0. The molecule has 0 bridgehead atoms. The summed E-state index contributed by atoms with van der Waals surface area (Å²) in [6.07, 6.45) is 0.635. The Morgan fingerprint density at radius 1 is 1.26 bits per heavy atom. The third-order valence-corrected chi connectivity index (χ3v) is 4.95. The van der Waals surface area contributed by atoms with Gasteiger partial charge in [0.25, 0.3) is 5.91 Å². The smallest absolute Gasteiger partial charge is 0.311 e. The normalized spacial score (nSPS) is 19.0. The van der Waals surface area contributed by atoms with Crippen molar-refractivity contribution >= 4 is 34.6 Å². The summed E-state index contributed by atoms with van der Waals surface area (Å²) >= 11 is 0. The zero-order valence-corrected chi connectivity index (χ0v) is 17.8. The fourth-order valence-electron chi connectivity index (χ4n) is 3.47. The van der Waals surface area contributed by atoms with Gasteiger partial charge >= 0.3 is 5.69 Å². The van der Waals surface area contributed by atoms with E-state index in [4.69, 9.17) is 5.73 Å². The van der Waals surface area contributed by atoms with Crippen LogP contribution in [0.15, 0.2) is 36.4 Å². The lowest BCUT2D eigenvalue weighted by molar-refractivity contribution is -0.384. The van der Waals surface area contributed by atoms with Crippen molar-refractivity contribution in [3.05, 3.63) is 46.5 Å². The van der Waals surface area contributed by atoms with Crippen LogP contribution in [0.3, 0.4) is 0 Å². The van der Waals surface area contributed by atoms with Crippen LogP contribution in [-0.4, -0.2) is 40.1 Å². The van der Waals surface area contributed by atoms with E-state index >= 15 is 0 Å². The minimum absolute atomic E-state index is 0.0946. The first-order valence-electron chi connectivity index (χ1n) is 10.0. The monoisotopic (exact) mass is 430 g/mol. The number of nitro groups is 1. The number of amides is 1. The highest BCUT2D eigenvalue weighted by atomic mass is 19.1. The molecule has 1 aromatic heterocycles. The van der Waals surface area contributed by atoms with Gasteiger partial charge in [0.2, 0.25) is 11.5 Å². The number of benzene rings is 1. The van der Waals surface area contributed by atoms with Gasteiger partial charge in [-0.15, -0.1) is 0 Å². The van der Waals surface area contributed by atoms with Crippen LogP contribution in [0.1, 0.15) is 33.6 Å². The number of piperidine rings is 1. The number of primary amides is 1. The number of nitrogens with two attached hydrogens (primary N) is 1. The summed E-state index contributed by atoms with van der Waals surface area (Å²) in [4.78, 5) is 28.5. The van der Waals surface area contributed by atoms with Gasteiger partial charge in [-0.1, -0.05) is 0 Å². The van der Waals surface area contributed by atoms with Gasteiger partial charge in [0, 0.05) is 29.5 Å². The van der Waals surface area contributed by atoms with E-state index in [1.165, 1.54) is 6.07 Å². The minimum Gasteiger partial charge on any atom is -0.368 e. The van der Waals surface area contributed by atoms with Crippen molar-refractivity contribution in [1.82, 2.24) is 4.98 Å². The van der Waals surface area contributed by atoms with Crippen LogP contribution < -0.4 is 21.3 Å². The predicted molar refractivity (Wildman–Crippen MR) is 118 cm³/mol. The van der Waals surface area contributed by atoms with Gasteiger partial charge in [-0.2, -0.15) is 0 Å². The van der Waals surface area contributed by atoms with Crippen molar-refractivity contribution < 1.29 is 14.1 Å². The molecule has 1 fully saturated rings. The molecule has 166 valence electrons. The van der Waals surface area contributed by atoms with E-state index in [0.717, 1.165) is 5.69 Å². The van der Waals surface area contributed by atoms with E-state index in [9.17, 15) is 19.3 Å². The second kappa shape index (κ2) is 8.37. The summed E-state index contributed by atoms with van der Waals surface area (Å²) < 4.78 is 14.7. The second-order valence-electron chi connectivity index (χ2n) is 8.72. The number of anilines is 4. The molecule has 1 atom stereocenters. The van der Waals surface area contributed by atoms with Crippen LogP contribution in [0.25, 0.3) is 0 Å². The fraction of sp³-hybridized carbons (Fsp3) is 0.429. The van der Waals surface area contributed by atoms with Gasteiger partial charge in [0.1, 0.15) is 5.82 Å². The predicted octanol–water partition coefficient (Wildman–Crippen LogP) is 3.74. The number of pyridine rings is 1. The molecule has 10 heteroatoms. The summed E-state index contributed by atoms with van der Waals surface area (Å²) in [6.45, 7) is 6.41. The van der Waals surface area contributed by atoms with E-state index in [2.05, 4.69) is 15.6 Å². The number of alkyl halides is 1. The average Bonchev–Trinajstić information content (AvgIpc) is 2.67. The molecule has 3 rings (SSSR count). The lowest BCUT2D eigenvalue weighted by Gasteiger charge is -2.36. The SMILES string of the molecule is CC(C)(C)Nc1ccc([N+](=O)[O-])c(Nc2ccc(N3CCCC(F)(C(N)=O)C3)cc2)n1. The van der Waals surface area contributed by atoms with Crippen LogP contribution in [0.2, 0.25) is 0 Å². The first-order valence-corrected chi connectivity index (χ1v) is 10.0. The number of rotatable bonds is 6. The molecule has 1 aliphatic heterocycles. The van der Waals surface area contributed by atoms with E-state index in [-0.39, 0.29) is 30.0 Å². The largest absolute Gasteiger partial charge is 0.368 e. The Morgan fingerprint density at radius 2 is 1.94 bits per heavy atom. The van der Waals surface area contributed by atoms with Crippen molar-refractivity contribution in [3.63, 3.8) is 0 Å². The Morgan fingerprint density at radius 3 is 2.52 bits per heavy atom. The number of hydrogen-bond donors (Lipinski definition) is 3. The average molecular weight is 430 g/mol. The van der Waals surface area contributed by atoms with Crippen LogP contribution in [0, 0.1) is 10.1 Å². The molecule has 0 saturated carbocycles. The van der Waals surface area contributed by atoms with E-state index in [1.807, 2.05) is 20.8 Å². The molecular weight excluding hydrogens is 403 g/mol. The maximum absolute atomic E-state index is 14.7. The van der Waals surface area contributed by atoms with Gasteiger partial charge in [-0.25, -0.2) is 9.37 Å². The number of carbonyl (C=O) groups excluding carboxylic acids is 1. The number of nitrogens with one attached hydrogen (secondary N) is 2. The van der Waals surface area contributed by atoms with Crippen LogP contribution in [-0.2, 0) is 4.79 Å². The standard InChI is InChI=1S/C21H27FN6O3/c1-20(2,3)26-17-10-9-16(28(30)31)18(25-17)24-14-5-7-15(8-6-14)27-12-4-11-21(22,13-27)19(23)29/h5-10H,4,11-13H2,1-3H3,(H2,23,29)(H2,24,25,26). The highest BCUT2D eigenvalue weighted by Crippen LogP contribution is 2.31. The van der Waals surface area contributed by atoms with Crippen molar-refractivity contribution in [3.8, 4) is 0 Å². The Balaban J connectivity index is 1.80. The van der Waals surface area contributed by atoms with Crippen molar-refractivity contribution in [2.75, 3.05) is 28.6 Å². The molecule has 2 aromatic rings. The summed E-state index contributed by atoms with van der Waals surface area (Å²) in [5.74, 6) is -0.324. The van der Waals surface area contributed by atoms with Gasteiger partial charge in [-0.3, -0.25) is 14.9 Å². The summed E-state index contributed by atoms with van der Waals surface area (Å²) in [5.41, 5.74) is 4.10. The summed E-state index contributed by atoms with van der Waals surface area (Å²) in [5, 5.41) is 17.6. The minimum atomic E-state index is -2.04. The van der Waals surface area contributed by atoms with Crippen molar-refractivity contribution in [2.24, 2.45) is 5.73 Å². The lowest BCUT2D eigenvalue weighted by atomic mass is 9.93. The third kappa shape index (κ3) is 5.39. The van der Waals surface area contributed by atoms with Crippen LogP contribution in [0.4, 0.5) is 33.1 Å². The molecule has 0 radical (unpaired) electrons. The number of hydrogen-bond acceptors (Lipinski definition) is 7. The quantitative estimate of drug-likeness (QED) is 0.471. The Kier molecular flexibility index (Phi) is 6.01. The molecule has 0 spiro atoms. The maximum atomic E-state index is 14.7. The molecular formula is C21H27FN6O3. The molecule has 31 heavy (non-hydrogen) atoms. The van der Waals surface area contributed by atoms with Gasteiger partial charge in [0.15, 0.2) is 0 Å². The molecule has 0 aliphatic carbocycles. The molecule has 1 saturated heterocycles. The van der Waals surface area contributed by atoms with Gasteiger partial charge in [-0.05, 0) is 63.9 Å². The van der Waals surface area contributed by atoms with E-state index in [0.29, 0.717) is 24.5 Å². The van der Waals surface area contributed by atoms with Crippen molar-refractivity contribution in [1.29, 1.82) is 0 Å². The fourth-order valence-corrected chi connectivity index (χ4v) is 3.47. The molecule has 9 nitrogen and oxygen atoms in total. The number of aromatic nitrogens is 1. The Hall–Kier alpha value is -3.43. The number of nitrogens with zero attached hydrogens (tertiary/aromatic N) is 3. The zero-order valence-electron chi connectivity index (χ0n) is 17.8. The van der Waals surface area contributed by atoms with Gasteiger partial charge in [0.05, 0.1) is 11.5 Å². The first-order chi connectivity index (χ1) is 14.5. The Bertz CT molecular complexity index is 976. The van der Waals surface area contributed by atoms with E-state index < -0.39 is 16.5 Å². The molecule has 1 amide bonds. The Labute approximate surface area is 180 Å². The summed E-state index contributed by atoms with van der Waals surface area (Å²) in [6, 6.07) is 9.94. The molecule has 4 N–H and O–H groups in total. The van der Waals surface area contributed by atoms with Gasteiger partial charge < -0.3 is 21.3 Å². The van der Waals surface area contributed by atoms with Crippen molar-refractivity contribution in [2.45, 2.75) is 44.8 Å². The first kappa shape index (κ1) is 22.3. The molecule has 2 heterocycles. The van der Waals surface area contributed by atoms with E-state index in [1.54, 1.807) is 35.2 Å². The second-order valence-corrected chi connectivity index (χ2v) is 8.72.